The number of piperidine rings is 1. The molecule has 1 amide bonds. The molecule has 2 rings (SSSR count). The van der Waals surface area contributed by atoms with Crippen LogP contribution < -0.4 is 5.73 Å². The number of carbonyl (C=O) groups is 1. The first-order valence-corrected chi connectivity index (χ1v) is 5.68. The maximum atomic E-state index is 11.2. The van der Waals surface area contributed by atoms with E-state index in [9.17, 15) is 4.79 Å². The van der Waals surface area contributed by atoms with E-state index in [-0.39, 0.29) is 11.9 Å². The highest BCUT2D eigenvalue weighted by Gasteiger charge is 2.37. The molecule has 0 aromatic heterocycles. The summed E-state index contributed by atoms with van der Waals surface area (Å²) in [4.78, 5) is 13.4. The molecule has 1 saturated heterocycles. The number of fused-ring (bicyclic) bond motifs is 1. The number of likely N-dealkylation sites (tertiary alicyclic amines) is 1. The highest BCUT2D eigenvalue weighted by Crippen LogP contribution is 2.37. The average Bonchev–Trinajstić information content (AvgIpc) is 2.16. The standard InChI is InChI=1S/C11H20N2O/c1-13-7-9-5-3-2-4-8(9)6-10(13)11(12)14/h8-10H,2-7H2,1H3,(H2,12,14)/t8?,9?,10-/m0/s1. The second-order valence-electron chi connectivity index (χ2n) is 4.90. The Morgan fingerprint density at radius 2 is 1.93 bits per heavy atom. The van der Waals surface area contributed by atoms with E-state index in [0.717, 1.165) is 24.8 Å². The second-order valence-corrected chi connectivity index (χ2v) is 4.90. The fourth-order valence-corrected chi connectivity index (χ4v) is 3.13. The van der Waals surface area contributed by atoms with E-state index < -0.39 is 0 Å². The molecule has 0 spiro atoms. The van der Waals surface area contributed by atoms with Crippen LogP contribution in [0.25, 0.3) is 0 Å². The number of hydrogen-bond donors (Lipinski definition) is 1. The number of nitrogens with two attached hydrogens (primary N) is 1. The summed E-state index contributed by atoms with van der Waals surface area (Å²) in [5.41, 5.74) is 5.40. The predicted molar refractivity (Wildman–Crippen MR) is 55.7 cm³/mol. The first-order valence-electron chi connectivity index (χ1n) is 5.68. The fourth-order valence-electron chi connectivity index (χ4n) is 3.13. The minimum absolute atomic E-state index is 0.00523. The summed E-state index contributed by atoms with van der Waals surface area (Å²) in [6.07, 6.45) is 6.37. The zero-order chi connectivity index (χ0) is 10.1. The molecule has 2 unspecified atom stereocenters. The molecule has 1 saturated carbocycles. The van der Waals surface area contributed by atoms with Gasteiger partial charge in [-0.15, -0.1) is 0 Å². The molecule has 2 N–H and O–H groups in total. The molecule has 2 fully saturated rings. The topological polar surface area (TPSA) is 46.3 Å². The van der Waals surface area contributed by atoms with Crippen LogP contribution in [0.2, 0.25) is 0 Å². The molecule has 3 nitrogen and oxygen atoms in total. The molecule has 1 heterocycles. The number of amides is 1. The molecule has 0 aromatic carbocycles. The lowest BCUT2D eigenvalue weighted by atomic mass is 9.73. The molecule has 3 heteroatoms. The van der Waals surface area contributed by atoms with E-state index in [4.69, 9.17) is 5.73 Å². The van der Waals surface area contributed by atoms with Crippen LogP contribution in [0.5, 0.6) is 0 Å². The van der Waals surface area contributed by atoms with Crippen LogP contribution >= 0.6 is 0 Å². The van der Waals surface area contributed by atoms with Gasteiger partial charge in [0, 0.05) is 6.54 Å². The molecule has 1 aliphatic carbocycles. The maximum absolute atomic E-state index is 11.2. The largest absolute Gasteiger partial charge is 0.368 e. The molecule has 0 bridgehead atoms. The zero-order valence-electron chi connectivity index (χ0n) is 8.91. The first kappa shape index (κ1) is 9.97. The monoisotopic (exact) mass is 196 g/mol. The third-order valence-corrected chi connectivity index (χ3v) is 3.98. The Labute approximate surface area is 85.6 Å². The van der Waals surface area contributed by atoms with Crippen LogP contribution in [-0.4, -0.2) is 30.4 Å². The molecule has 0 aromatic rings. The van der Waals surface area contributed by atoms with Gasteiger partial charge in [-0.25, -0.2) is 0 Å². The predicted octanol–water partition coefficient (Wildman–Crippen LogP) is 0.982. The van der Waals surface area contributed by atoms with Gasteiger partial charge in [-0.3, -0.25) is 9.69 Å². The van der Waals surface area contributed by atoms with Gasteiger partial charge in [0.15, 0.2) is 0 Å². The highest BCUT2D eigenvalue weighted by atomic mass is 16.1. The third-order valence-electron chi connectivity index (χ3n) is 3.98. The maximum Gasteiger partial charge on any atom is 0.234 e. The fraction of sp³-hybridized carbons (Fsp3) is 0.909. The summed E-state index contributed by atoms with van der Waals surface area (Å²) in [5, 5.41) is 0. The van der Waals surface area contributed by atoms with Crippen LogP contribution in [-0.2, 0) is 4.79 Å². The van der Waals surface area contributed by atoms with Crippen LogP contribution in [0.4, 0.5) is 0 Å². The van der Waals surface area contributed by atoms with Crippen molar-refractivity contribution in [2.45, 2.75) is 38.1 Å². The van der Waals surface area contributed by atoms with Gasteiger partial charge < -0.3 is 5.73 Å². The van der Waals surface area contributed by atoms with E-state index >= 15 is 0 Å². The van der Waals surface area contributed by atoms with E-state index in [1.807, 2.05) is 7.05 Å². The van der Waals surface area contributed by atoms with E-state index in [1.54, 1.807) is 0 Å². The van der Waals surface area contributed by atoms with Crippen molar-refractivity contribution in [1.29, 1.82) is 0 Å². The lowest BCUT2D eigenvalue weighted by Crippen LogP contribution is -2.51. The molecule has 2 aliphatic rings. The Balaban J connectivity index is 2.03. The Morgan fingerprint density at radius 1 is 1.29 bits per heavy atom. The minimum Gasteiger partial charge on any atom is -0.368 e. The molecule has 1 aliphatic heterocycles. The van der Waals surface area contributed by atoms with Crippen LogP contribution in [0, 0.1) is 11.8 Å². The van der Waals surface area contributed by atoms with Crippen molar-refractivity contribution in [1.82, 2.24) is 4.90 Å². The van der Waals surface area contributed by atoms with E-state index in [1.165, 1.54) is 25.7 Å². The van der Waals surface area contributed by atoms with Crippen molar-refractivity contribution < 1.29 is 4.79 Å². The van der Waals surface area contributed by atoms with Gasteiger partial charge in [0.25, 0.3) is 0 Å². The number of carbonyl (C=O) groups excluding carboxylic acids is 1. The summed E-state index contributed by atoms with van der Waals surface area (Å²) < 4.78 is 0. The van der Waals surface area contributed by atoms with Crippen LogP contribution in [0.1, 0.15) is 32.1 Å². The smallest absolute Gasteiger partial charge is 0.234 e. The van der Waals surface area contributed by atoms with Crippen molar-refractivity contribution in [3.63, 3.8) is 0 Å². The number of primary amides is 1. The van der Waals surface area contributed by atoms with Gasteiger partial charge in [-0.2, -0.15) is 0 Å². The molecule has 80 valence electrons. The molecular weight excluding hydrogens is 176 g/mol. The number of likely N-dealkylation sites (N-methyl/N-ethyl adjacent to an activating group) is 1. The summed E-state index contributed by atoms with van der Waals surface area (Å²) in [6.45, 7) is 1.07. The second kappa shape index (κ2) is 3.89. The van der Waals surface area contributed by atoms with Gasteiger partial charge in [-0.1, -0.05) is 19.3 Å². The van der Waals surface area contributed by atoms with Crippen molar-refractivity contribution in [3.05, 3.63) is 0 Å². The van der Waals surface area contributed by atoms with E-state index in [2.05, 4.69) is 4.90 Å². The van der Waals surface area contributed by atoms with Gasteiger partial charge in [0.05, 0.1) is 6.04 Å². The van der Waals surface area contributed by atoms with Crippen molar-refractivity contribution in [2.75, 3.05) is 13.6 Å². The number of hydrogen-bond acceptors (Lipinski definition) is 2. The Kier molecular flexibility index (Phi) is 2.77. The SMILES string of the molecule is CN1CC2CCCCC2C[C@H]1C(N)=O. The lowest BCUT2D eigenvalue weighted by Gasteiger charge is -2.43. The normalized spacial score (nSPS) is 39.1. The summed E-state index contributed by atoms with van der Waals surface area (Å²) >= 11 is 0. The quantitative estimate of drug-likeness (QED) is 0.679. The number of nitrogens with zero attached hydrogens (tertiary/aromatic N) is 1. The van der Waals surface area contributed by atoms with E-state index in [0.29, 0.717) is 0 Å². The molecule has 14 heavy (non-hydrogen) atoms. The Morgan fingerprint density at radius 3 is 2.57 bits per heavy atom. The average molecular weight is 196 g/mol. The van der Waals surface area contributed by atoms with Crippen molar-refractivity contribution in [3.8, 4) is 0 Å². The van der Waals surface area contributed by atoms with Gasteiger partial charge in [0.2, 0.25) is 5.91 Å². The first-order chi connectivity index (χ1) is 6.68. The zero-order valence-corrected chi connectivity index (χ0v) is 8.91. The van der Waals surface area contributed by atoms with Crippen molar-refractivity contribution >= 4 is 5.91 Å². The lowest BCUT2D eigenvalue weighted by molar-refractivity contribution is -0.125. The van der Waals surface area contributed by atoms with Crippen LogP contribution in [0.3, 0.4) is 0 Å². The molecule has 0 radical (unpaired) electrons. The molecule has 3 atom stereocenters. The molecular formula is C11H20N2O. The summed E-state index contributed by atoms with van der Waals surface area (Å²) in [5.74, 6) is 1.44. The summed E-state index contributed by atoms with van der Waals surface area (Å²) in [6, 6.07) is -0.00523. The van der Waals surface area contributed by atoms with Gasteiger partial charge in [0.1, 0.15) is 0 Å². The van der Waals surface area contributed by atoms with Crippen LogP contribution in [0.15, 0.2) is 0 Å². The number of rotatable bonds is 1. The van der Waals surface area contributed by atoms with Crippen molar-refractivity contribution in [2.24, 2.45) is 17.6 Å². The Hall–Kier alpha value is -0.570. The Bertz CT molecular complexity index is 229. The van der Waals surface area contributed by atoms with Gasteiger partial charge in [-0.05, 0) is 31.7 Å². The highest BCUT2D eigenvalue weighted by molar-refractivity contribution is 5.79. The third kappa shape index (κ3) is 1.78. The minimum atomic E-state index is -0.142. The van der Waals surface area contributed by atoms with Gasteiger partial charge >= 0.3 is 0 Å². The summed E-state index contributed by atoms with van der Waals surface area (Å²) in [7, 11) is 2.03.